The van der Waals surface area contributed by atoms with Gasteiger partial charge in [-0.1, -0.05) is 13.8 Å². The number of aromatic nitrogens is 2. The van der Waals surface area contributed by atoms with Crippen LogP contribution in [0.1, 0.15) is 32.2 Å². The molecule has 0 aliphatic rings. The molecule has 6 heteroatoms. The Kier molecular flexibility index (Phi) is 4.21. The van der Waals surface area contributed by atoms with Crippen molar-refractivity contribution in [3.05, 3.63) is 35.7 Å². The number of hydrogen-bond donors (Lipinski definition) is 1. The maximum Gasteiger partial charge on any atom is 0.248 e. The van der Waals surface area contributed by atoms with Crippen LogP contribution in [0.15, 0.2) is 22.6 Å². The highest BCUT2D eigenvalue weighted by Crippen LogP contribution is 2.23. The van der Waals surface area contributed by atoms with Crippen molar-refractivity contribution >= 4 is 0 Å². The van der Waals surface area contributed by atoms with Gasteiger partial charge in [0.05, 0.1) is 6.04 Å². The van der Waals surface area contributed by atoms with Crippen LogP contribution in [0.2, 0.25) is 0 Å². The fraction of sp³-hybridized carbons (Fsp3) is 0.385. The zero-order valence-corrected chi connectivity index (χ0v) is 10.8. The second kappa shape index (κ2) is 5.88. The summed E-state index contributed by atoms with van der Waals surface area (Å²) in [6.07, 6.45) is 0.785. The predicted octanol–water partition coefficient (Wildman–Crippen LogP) is 3.08. The van der Waals surface area contributed by atoms with Crippen molar-refractivity contribution in [3.63, 3.8) is 0 Å². The Labute approximate surface area is 109 Å². The van der Waals surface area contributed by atoms with E-state index in [1.807, 2.05) is 13.8 Å². The van der Waals surface area contributed by atoms with E-state index in [0.717, 1.165) is 31.2 Å². The van der Waals surface area contributed by atoms with Crippen LogP contribution in [0.4, 0.5) is 8.78 Å². The summed E-state index contributed by atoms with van der Waals surface area (Å²) in [5.41, 5.74) is 0.239. The highest BCUT2D eigenvalue weighted by Gasteiger charge is 2.17. The van der Waals surface area contributed by atoms with Gasteiger partial charge in [-0.05, 0) is 25.1 Å². The Balaban J connectivity index is 2.29. The summed E-state index contributed by atoms with van der Waals surface area (Å²) < 4.78 is 31.7. The molecule has 0 saturated heterocycles. The van der Waals surface area contributed by atoms with E-state index >= 15 is 0 Å². The van der Waals surface area contributed by atoms with Crippen molar-refractivity contribution in [3.8, 4) is 11.5 Å². The molecule has 0 aliphatic carbocycles. The topological polar surface area (TPSA) is 51.0 Å². The molecule has 2 rings (SSSR count). The van der Waals surface area contributed by atoms with Gasteiger partial charge >= 0.3 is 0 Å². The molecular formula is C13H15F2N3O. The van der Waals surface area contributed by atoms with Gasteiger partial charge in [-0.25, -0.2) is 8.78 Å². The largest absolute Gasteiger partial charge is 0.419 e. The quantitative estimate of drug-likeness (QED) is 0.904. The molecule has 0 bridgehead atoms. The van der Waals surface area contributed by atoms with Crippen molar-refractivity contribution in [2.45, 2.75) is 26.3 Å². The smallest absolute Gasteiger partial charge is 0.248 e. The third kappa shape index (κ3) is 3.14. The zero-order chi connectivity index (χ0) is 13.8. The van der Waals surface area contributed by atoms with Crippen LogP contribution in [-0.2, 0) is 0 Å². The molecule has 19 heavy (non-hydrogen) atoms. The Hall–Kier alpha value is -1.82. The second-order valence-electron chi connectivity index (χ2n) is 4.12. The minimum atomic E-state index is -0.673. The van der Waals surface area contributed by atoms with Crippen molar-refractivity contribution in [1.29, 1.82) is 0 Å². The van der Waals surface area contributed by atoms with E-state index in [2.05, 4.69) is 15.5 Å². The lowest BCUT2D eigenvalue weighted by atomic mass is 10.2. The second-order valence-corrected chi connectivity index (χ2v) is 4.12. The zero-order valence-electron chi connectivity index (χ0n) is 10.8. The standard InChI is InChI=1S/C13H15F2N3O/c1-3-11(16-4-2)13-18-17-12(19-13)8-5-9(14)7-10(15)6-8/h5-7,11,16H,3-4H2,1-2H3. The molecule has 0 fully saturated rings. The maximum absolute atomic E-state index is 13.1. The number of nitrogens with one attached hydrogen (secondary N) is 1. The van der Waals surface area contributed by atoms with Gasteiger partial charge in [0.1, 0.15) is 11.6 Å². The van der Waals surface area contributed by atoms with Gasteiger partial charge in [0, 0.05) is 11.6 Å². The van der Waals surface area contributed by atoms with Gasteiger partial charge in [0.25, 0.3) is 0 Å². The summed E-state index contributed by atoms with van der Waals surface area (Å²) in [6, 6.07) is 3.07. The van der Waals surface area contributed by atoms with Gasteiger partial charge in [-0.2, -0.15) is 0 Å². The van der Waals surface area contributed by atoms with Crippen LogP contribution in [-0.4, -0.2) is 16.7 Å². The molecule has 1 N–H and O–H groups in total. The van der Waals surface area contributed by atoms with E-state index in [1.165, 1.54) is 0 Å². The number of benzene rings is 1. The van der Waals surface area contributed by atoms with Crippen LogP contribution in [0, 0.1) is 11.6 Å². The maximum atomic E-state index is 13.1. The Morgan fingerprint density at radius 1 is 1.16 bits per heavy atom. The lowest BCUT2D eigenvalue weighted by Gasteiger charge is -2.10. The summed E-state index contributed by atoms with van der Waals surface area (Å²) in [5, 5.41) is 10.9. The van der Waals surface area contributed by atoms with E-state index in [9.17, 15) is 8.78 Å². The van der Waals surface area contributed by atoms with Gasteiger partial charge in [0.15, 0.2) is 0 Å². The van der Waals surface area contributed by atoms with Crippen molar-refractivity contribution in [2.24, 2.45) is 0 Å². The third-order valence-corrected chi connectivity index (χ3v) is 2.71. The normalized spacial score (nSPS) is 12.6. The van der Waals surface area contributed by atoms with Crippen molar-refractivity contribution in [1.82, 2.24) is 15.5 Å². The number of nitrogens with zero attached hydrogens (tertiary/aromatic N) is 2. The molecule has 1 atom stereocenters. The van der Waals surface area contributed by atoms with Crippen molar-refractivity contribution in [2.75, 3.05) is 6.54 Å². The SMILES string of the molecule is CCNC(CC)c1nnc(-c2cc(F)cc(F)c2)o1. The Bertz CT molecular complexity index is 536. The number of rotatable bonds is 5. The van der Waals surface area contributed by atoms with Gasteiger partial charge < -0.3 is 9.73 Å². The minimum Gasteiger partial charge on any atom is -0.419 e. The summed E-state index contributed by atoms with van der Waals surface area (Å²) in [4.78, 5) is 0. The number of halogens is 2. The summed E-state index contributed by atoms with van der Waals surface area (Å²) in [5.74, 6) is -0.810. The van der Waals surface area contributed by atoms with E-state index in [0.29, 0.717) is 5.89 Å². The Morgan fingerprint density at radius 2 is 1.84 bits per heavy atom. The molecule has 0 spiro atoms. The molecule has 0 saturated carbocycles. The van der Waals surface area contributed by atoms with Gasteiger partial charge in [0.2, 0.25) is 11.8 Å². The van der Waals surface area contributed by atoms with Crippen molar-refractivity contribution < 1.29 is 13.2 Å². The first kappa shape index (κ1) is 13.6. The summed E-state index contributed by atoms with van der Waals surface area (Å²) in [7, 11) is 0. The highest BCUT2D eigenvalue weighted by atomic mass is 19.1. The fourth-order valence-electron chi connectivity index (χ4n) is 1.82. The fourth-order valence-corrected chi connectivity index (χ4v) is 1.82. The average Bonchev–Trinajstić information content (AvgIpc) is 2.84. The molecule has 4 nitrogen and oxygen atoms in total. The van der Waals surface area contributed by atoms with E-state index in [4.69, 9.17) is 4.42 Å². The Morgan fingerprint density at radius 3 is 2.42 bits per heavy atom. The molecule has 1 aromatic heterocycles. The van der Waals surface area contributed by atoms with Gasteiger partial charge in [-0.3, -0.25) is 0 Å². The van der Waals surface area contributed by atoms with Crippen LogP contribution >= 0.6 is 0 Å². The lowest BCUT2D eigenvalue weighted by Crippen LogP contribution is -2.20. The average molecular weight is 267 g/mol. The minimum absolute atomic E-state index is 0.0512. The molecule has 0 radical (unpaired) electrons. The number of hydrogen-bond acceptors (Lipinski definition) is 4. The molecule has 0 amide bonds. The lowest BCUT2D eigenvalue weighted by molar-refractivity contribution is 0.401. The van der Waals surface area contributed by atoms with Crippen LogP contribution in [0.25, 0.3) is 11.5 Å². The summed E-state index contributed by atoms with van der Waals surface area (Å²) in [6.45, 7) is 4.73. The molecule has 0 aliphatic heterocycles. The molecular weight excluding hydrogens is 252 g/mol. The monoisotopic (exact) mass is 267 g/mol. The van der Waals surface area contributed by atoms with Crippen LogP contribution < -0.4 is 5.32 Å². The van der Waals surface area contributed by atoms with E-state index in [-0.39, 0.29) is 17.5 Å². The predicted molar refractivity (Wildman–Crippen MR) is 66.4 cm³/mol. The molecule has 1 heterocycles. The molecule has 1 aromatic carbocycles. The third-order valence-electron chi connectivity index (χ3n) is 2.71. The van der Waals surface area contributed by atoms with Gasteiger partial charge in [-0.15, -0.1) is 10.2 Å². The first-order chi connectivity index (χ1) is 9.13. The molecule has 1 unspecified atom stereocenters. The molecule has 2 aromatic rings. The van der Waals surface area contributed by atoms with E-state index < -0.39 is 11.6 Å². The first-order valence-corrected chi connectivity index (χ1v) is 6.17. The molecule has 102 valence electrons. The summed E-state index contributed by atoms with van der Waals surface area (Å²) >= 11 is 0. The van der Waals surface area contributed by atoms with Crippen LogP contribution in [0.3, 0.4) is 0 Å². The van der Waals surface area contributed by atoms with E-state index in [1.54, 1.807) is 0 Å². The van der Waals surface area contributed by atoms with Crippen LogP contribution in [0.5, 0.6) is 0 Å². The first-order valence-electron chi connectivity index (χ1n) is 6.17. The highest BCUT2D eigenvalue weighted by molar-refractivity contribution is 5.52.